The third-order valence-electron chi connectivity index (χ3n) is 3.13. The molecule has 0 amide bonds. The summed E-state index contributed by atoms with van der Waals surface area (Å²) in [5.41, 5.74) is 11.1. The normalized spacial score (nSPS) is 10.6. The minimum atomic E-state index is 0.776. The van der Waals surface area contributed by atoms with Crippen molar-refractivity contribution in [2.75, 3.05) is 5.73 Å². The number of aryl methyl sites for hydroxylation is 1. The Morgan fingerprint density at radius 1 is 1.00 bits per heavy atom. The summed E-state index contributed by atoms with van der Waals surface area (Å²) in [6.07, 6.45) is 1.79. The van der Waals surface area contributed by atoms with Crippen LogP contribution in [0.3, 0.4) is 0 Å². The van der Waals surface area contributed by atoms with E-state index in [9.17, 15) is 0 Å². The van der Waals surface area contributed by atoms with E-state index in [1.54, 1.807) is 6.20 Å². The average molecular weight is 249 g/mol. The predicted octanol–water partition coefficient (Wildman–Crippen LogP) is 3.43. The fourth-order valence-corrected chi connectivity index (χ4v) is 2.20. The molecule has 1 aromatic heterocycles. The molecule has 3 rings (SSSR count). The molecule has 3 nitrogen and oxygen atoms in total. The third-order valence-corrected chi connectivity index (χ3v) is 3.13. The monoisotopic (exact) mass is 249 g/mol. The fourth-order valence-electron chi connectivity index (χ4n) is 2.20. The van der Waals surface area contributed by atoms with E-state index in [0.717, 1.165) is 28.2 Å². The van der Waals surface area contributed by atoms with Crippen molar-refractivity contribution in [2.24, 2.45) is 0 Å². The highest BCUT2D eigenvalue weighted by Crippen LogP contribution is 2.28. The Morgan fingerprint density at radius 2 is 1.79 bits per heavy atom. The van der Waals surface area contributed by atoms with E-state index in [-0.39, 0.29) is 0 Å². The van der Waals surface area contributed by atoms with Gasteiger partial charge in [0, 0.05) is 11.3 Å². The third kappa shape index (κ3) is 2.10. The van der Waals surface area contributed by atoms with Crippen molar-refractivity contribution in [3.8, 4) is 16.9 Å². The first-order valence-electron chi connectivity index (χ1n) is 6.21. The molecule has 0 atom stereocenters. The summed E-state index contributed by atoms with van der Waals surface area (Å²) in [6, 6.07) is 18.1. The number of nitrogen functional groups attached to an aromatic ring is 1. The largest absolute Gasteiger partial charge is 0.398 e. The quantitative estimate of drug-likeness (QED) is 0.707. The summed E-state index contributed by atoms with van der Waals surface area (Å²) in [4.78, 5) is 0. The summed E-state index contributed by atoms with van der Waals surface area (Å²) < 4.78 is 1.90. The summed E-state index contributed by atoms with van der Waals surface area (Å²) in [7, 11) is 0. The molecule has 0 radical (unpaired) electrons. The van der Waals surface area contributed by atoms with Crippen molar-refractivity contribution in [2.45, 2.75) is 6.92 Å². The van der Waals surface area contributed by atoms with Gasteiger partial charge in [-0.1, -0.05) is 30.3 Å². The van der Waals surface area contributed by atoms with Crippen molar-refractivity contribution in [1.82, 2.24) is 9.78 Å². The zero-order valence-corrected chi connectivity index (χ0v) is 10.7. The molecule has 0 bridgehead atoms. The molecule has 94 valence electrons. The maximum atomic E-state index is 6.12. The number of para-hydroxylation sites is 1. The molecule has 0 aliphatic rings. The van der Waals surface area contributed by atoms with E-state index >= 15 is 0 Å². The number of anilines is 1. The van der Waals surface area contributed by atoms with Crippen molar-refractivity contribution in [3.63, 3.8) is 0 Å². The smallest absolute Gasteiger partial charge is 0.0761 e. The van der Waals surface area contributed by atoms with E-state index in [4.69, 9.17) is 5.73 Å². The van der Waals surface area contributed by atoms with Crippen molar-refractivity contribution >= 4 is 5.69 Å². The Bertz CT molecular complexity index is 699. The molecule has 1 heterocycles. The van der Waals surface area contributed by atoms with Crippen LogP contribution in [0.25, 0.3) is 16.9 Å². The van der Waals surface area contributed by atoms with Gasteiger partial charge in [-0.25, -0.2) is 4.68 Å². The molecular weight excluding hydrogens is 234 g/mol. The highest BCUT2D eigenvalue weighted by atomic mass is 15.3. The van der Waals surface area contributed by atoms with Crippen LogP contribution in [0, 0.1) is 6.92 Å². The minimum Gasteiger partial charge on any atom is -0.398 e. The van der Waals surface area contributed by atoms with Crippen molar-refractivity contribution in [3.05, 3.63) is 66.4 Å². The van der Waals surface area contributed by atoms with Crippen LogP contribution in [0.1, 0.15) is 5.56 Å². The van der Waals surface area contributed by atoms with Gasteiger partial charge in [0.25, 0.3) is 0 Å². The Kier molecular flexibility index (Phi) is 2.80. The number of nitrogens with two attached hydrogens (primary N) is 1. The summed E-state index contributed by atoms with van der Waals surface area (Å²) in [5.74, 6) is 0. The van der Waals surface area contributed by atoms with Gasteiger partial charge in [-0.3, -0.25) is 0 Å². The summed E-state index contributed by atoms with van der Waals surface area (Å²) >= 11 is 0. The van der Waals surface area contributed by atoms with E-state index in [1.165, 1.54) is 0 Å². The lowest BCUT2D eigenvalue weighted by Gasteiger charge is -2.10. The first kappa shape index (κ1) is 11.5. The molecule has 0 unspecified atom stereocenters. The Morgan fingerprint density at radius 3 is 2.53 bits per heavy atom. The van der Waals surface area contributed by atoms with E-state index in [2.05, 4.69) is 11.2 Å². The maximum Gasteiger partial charge on any atom is 0.0761 e. The Labute approximate surface area is 112 Å². The number of rotatable bonds is 2. The second-order valence-corrected chi connectivity index (χ2v) is 4.55. The van der Waals surface area contributed by atoms with Crippen molar-refractivity contribution in [1.29, 1.82) is 0 Å². The second-order valence-electron chi connectivity index (χ2n) is 4.55. The number of hydrogen-bond acceptors (Lipinski definition) is 2. The average Bonchev–Trinajstić information content (AvgIpc) is 2.89. The topological polar surface area (TPSA) is 43.8 Å². The first-order valence-corrected chi connectivity index (χ1v) is 6.21. The number of nitrogens with zero attached hydrogens (tertiary/aromatic N) is 2. The molecule has 0 aliphatic carbocycles. The van der Waals surface area contributed by atoms with Crippen LogP contribution in [0.4, 0.5) is 5.69 Å². The SMILES string of the molecule is Cc1ccc(-c2ccnn2-c2ccccc2)c(N)c1. The molecule has 0 saturated carbocycles. The predicted molar refractivity (Wildman–Crippen MR) is 78.1 cm³/mol. The van der Waals surface area contributed by atoms with Gasteiger partial charge >= 0.3 is 0 Å². The Balaban J connectivity index is 2.15. The number of aromatic nitrogens is 2. The van der Waals surface area contributed by atoms with Gasteiger partial charge in [0.2, 0.25) is 0 Å². The summed E-state index contributed by atoms with van der Waals surface area (Å²) in [5, 5.41) is 4.39. The summed E-state index contributed by atoms with van der Waals surface area (Å²) in [6.45, 7) is 2.04. The molecule has 2 N–H and O–H groups in total. The van der Waals surface area contributed by atoms with Gasteiger partial charge in [0.15, 0.2) is 0 Å². The van der Waals surface area contributed by atoms with Crippen LogP contribution < -0.4 is 5.73 Å². The zero-order chi connectivity index (χ0) is 13.2. The minimum absolute atomic E-state index is 0.776. The Hall–Kier alpha value is -2.55. The molecule has 3 aromatic rings. The van der Waals surface area contributed by atoms with Gasteiger partial charge in [0.1, 0.15) is 0 Å². The molecular formula is C16H15N3. The molecule has 3 heteroatoms. The van der Waals surface area contributed by atoms with E-state index < -0.39 is 0 Å². The van der Waals surface area contributed by atoms with Crippen LogP contribution in [-0.4, -0.2) is 9.78 Å². The maximum absolute atomic E-state index is 6.12. The van der Waals surface area contributed by atoms with Gasteiger partial charge in [0.05, 0.1) is 17.6 Å². The van der Waals surface area contributed by atoms with Crippen molar-refractivity contribution < 1.29 is 0 Å². The molecule has 0 saturated heterocycles. The first-order chi connectivity index (χ1) is 9.25. The fraction of sp³-hybridized carbons (Fsp3) is 0.0625. The van der Waals surface area contributed by atoms with E-state index in [0.29, 0.717) is 0 Å². The highest BCUT2D eigenvalue weighted by Gasteiger charge is 2.09. The molecule has 0 fully saturated rings. The second kappa shape index (κ2) is 4.61. The van der Waals surface area contributed by atoms with E-state index in [1.807, 2.05) is 60.1 Å². The zero-order valence-electron chi connectivity index (χ0n) is 10.7. The lowest BCUT2D eigenvalue weighted by molar-refractivity contribution is 0.888. The number of benzene rings is 2. The van der Waals surface area contributed by atoms with Gasteiger partial charge in [-0.15, -0.1) is 0 Å². The standard InChI is InChI=1S/C16H15N3/c1-12-7-8-14(15(17)11-12)16-9-10-18-19(16)13-5-3-2-4-6-13/h2-11H,17H2,1H3. The van der Waals surface area contributed by atoms with Crippen LogP contribution in [0.5, 0.6) is 0 Å². The van der Waals surface area contributed by atoms with Crippen LogP contribution in [-0.2, 0) is 0 Å². The van der Waals surface area contributed by atoms with Gasteiger partial charge in [-0.2, -0.15) is 5.10 Å². The molecule has 0 aliphatic heterocycles. The molecule has 0 spiro atoms. The molecule has 19 heavy (non-hydrogen) atoms. The van der Waals surface area contributed by atoms with Gasteiger partial charge in [-0.05, 0) is 36.8 Å². The molecule has 2 aromatic carbocycles. The lowest BCUT2D eigenvalue weighted by atomic mass is 10.1. The number of hydrogen-bond donors (Lipinski definition) is 1. The highest BCUT2D eigenvalue weighted by molar-refractivity contribution is 5.75. The van der Waals surface area contributed by atoms with Crippen LogP contribution in [0.15, 0.2) is 60.8 Å². The lowest BCUT2D eigenvalue weighted by Crippen LogP contribution is -2.00. The van der Waals surface area contributed by atoms with Crippen LogP contribution >= 0.6 is 0 Å². The van der Waals surface area contributed by atoms with Crippen LogP contribution in [0.2, 0.25) is 0 Å². The van der Waals surface area contributed by atoms with Gasteiger partial charge < -0.3 is 5.73 Å².